The molecule has 0 saturated carbocycles. The molecular formula is C20H19FN4O2. The van der Waals surface area contributed by atoms with Crippen molar-refractivity contribution in [2.75, 3.05) is 6.54 Å². The van der Waals surface area contributed by atoms with Gasteiger partial charge in [-0.05, 0) is 44.9 Å². The van der Waals surface area contributed by atoms with Crippen LogP contribution in [0.1, 0.15) is 46.5 Å². The molecule has 1 atom stereocenters. The smallest absolute Gasteiger partial charge is 0.254 e. The number of hydrogen-bond donors (Lipinski definition) is 0. The van der Waals surface area contributed by atoms with Crippen molar-refractivity contribution in [3.8, 4) is 11.3 Å². The molecule has 0 N–H and O–H groups in total. The van der Waals surface area contributed by atoms with Crippen LogP contribution in [0.25, 0.3) is 11.3 Å². The third-order valence-electron chi connectivity index (χ3n) is 4.73. The number of likely N-dealkylation sites (tertiary alicyclic amines) is 1. The molecule has 6 nitrogen and oxygen atoms in total. The molecule has 27 heavy (non-hydrogen) atoms. The topological polar surface area (TPSA) is 72.1 Å². The van der Waals surface area contributed by atoms with E-state index in [2.05, 4.69) is 15.1 Å². The van der Waals surface area contributed by atoms with Gasteiger partial charge in [-0.2, -0.15) is 0 Å². The van der Waals surface area contributed by atoms with E-state index in [1.807, 2.05) is 19.9 Å². The minimum absolute atomic E-state index is 0.201. The maximum absolute atomic E-state index is 13.6. The van der Waals surface area contributed by atoms with Gasteiger partial charge in [-0.3, -0.25) is 4.79 Å². The van der Waals surface area contributed by atoms with Crippen LogP contribution in [0, 0.1) is 19.7 Å². The quantitative estimate of drug-likeness (QED) is 0.704. The molecule has 7 heteroatoms. The second-order valence-electron chi connectivity index (χ2n) is 6.72. The second-order valence-corrected chi connectivity index (χ2v) is 6.72. The average Bonchev–Trinajstić information content (AvgIpc) is 3.30. The SMILES string of the molecule is Cc1cc(-c2cnc(C)nc2[C@H]2CCCN2C(=O)c2cccc(F)c2)on1. The number of aromatic nitrogens is 3. The van der Waals surface area contributed by atoms with Gasteiger partial charge in [-0.25, -0.2) is 14.4 Å². The number of halogens is 1. The summed E-state index contributed by atoms with van der Waals surface area (Å²) in [4.78, 5) is 23.7. The van der Waals surface area contributed by atoms with Crippen LogP contribution < -0.4 is 0 Å². The molecule has 2 aromatic heterocycles. The second kappa shape index (κ2) is 6.90. The highest BCUT2D eigenvalue weighted by molar-refractivity contribution is 5.94. The van der Waals surface area contributed by atoms with Crippen molar-refractivity contribution in [1.29, 1.82) is 0 Å². The number of aryl methyl sites for hydroxylation is 2. The summed E-state index contributed by atoms with van der Waals surface area (Å²) < 4.78 is 19.0. The summed E-state index contributed by atoms with van der Waals surface area (Å²) in [5.74, 6) is 0.572. The Morgan fingerprint density at radius 2 is 2.15 bits per heavy atom. The standard InChI is InChI=1S/C20H19FN4O2/c1-12-9-18(27-24-12)16-11-22-13(2)23-19(16)17-7-4-8-25(17)20(26)14-5-3-6-15(21)10-14/h3,5-6,9-11,17H,4,7-8H2,1-2H3/t17-/m1/s1. The monoisotopic (exact) mass is 366 g/mol. The highest BCUT2D eigenvalue weighted by Gasteiger charge is 2.34. The Kier molecular flexibility index (Phi) is 4.43. The first-order valence-corrected chi connectivity index (χ1v) is 8.86. The molecule has 1 aromatic carbocycles. The van der Waals surface area contributed by atoms with E-state index >= 15 is 0 Å². The Morgan fingerprint density at radius 1 is 1.30 bits per heavy atom. The minimum Gasteiger partial charge on any atom is -0.356 e. The number of nitrogens with zero attached hydrogens (tertiary/aromatic N) is 4. The van der Waals surface area contributed by atoms with Gasteiger partial charge < -0.3 is 9.42 Å². The maximum Gasteiger partial charge on any atom is 0.254 e. The Morgan fingerprint density at radius 3 is 2.89 bits per heavy atom. The van der Waals surface area contributed by atoms with Crippen molar-refractivity contribution in [2.24, 2.45) is 0 Å². The third kappa shape index (κ3) is 3.32. The zero-order chi connectivity index (χ0) is 19.0. The first-order chi connectivity index (χ1) is 13.0. The number of amides is 1. The van der Waals surface area contributed by atoms with Gasteiger partial charge in [-0.1, -0.05) is 11.2 Å². The normalized spacial score (nSPS) is 16.7. The molecule has 1 fully saturated rings. The van der Waals surface area contributed by atoms with Crippen LogP contribution in [-0.2, 0) is 0 Å². The van der Waals surface area contributed by atoms with E-state index in [0.29, 0.717) is 23.7 Å². The van der Waals surface area contributed by atoms with Gasteiger partial charge in [0.1, 0.15) is 11.6 Å². The van der Waals surface area contributed by atoms with Crippen molar-refractivity contribution in [3.05, 3.63) is 65.1 Å². The fourth-order valence-electron chi connectivity index (χ4n) is 3.50. The molecule has 1 amide bonds. The van der Waals surface area contributed by atoms with E-state index in [0.717, 1.165) is 29.8 Å². The molecule has 3 aromatic rings. The van der Waals surface area contributed by atoms with E-state index in [1.54, 1.807) is 23.2 Å². The Balaban J connectivity index is 1.74. The summed E-state index contributed by atoms with van der Waals surface area (Å²) in [6, 6.07) is 7.38. The third-order valence-corrected chi connectivity index (χ3v) is 4.73. The molecule has 0 radical (unpaired) electrons. The summed E-state index contributed by atoms with van der Waals surface area (Å²) in [5, 5.41) is 3.94. The van der Waals surface area contributed by atoms with Gasteiger partial charge in [0.05, 0.1) is 23.0 Å². The molecule has 1 saturated heterocycles. The zero-order valence-corrected chi connectivity index (χ0v) is 15.1. The molecule has 1 aliphatic heterocycles. The lowest BCUT2D eigenvalue weighted by atomic mass is 10.0. The molecule has 1 aliphatic rings. The minimum atomic E-state index is -0.424. The maximum atomic E-state index is 13.6. The highest BCUT2D eigenvalue weighted by Crippen LogP contribution is 2.37. The van der Waals surface area contributed by atoms with Gasteiger partial charge in [0.15, 0.2) is 5.76 Å². The van der Waals surface area contributed by atoms with Gasteiger partial charge in [0, 0.05) is 24.4 Å². The van der Waals surface area contributed by atoms with Crippen LogP contribution in [0.3, 0.4) is 0 Å². The number of hydrogen-bond acceptors (Lipinski definition) is 5. The van der Waals surface area contributed by atoms with Crippen LogP contribution in [0.4, 0.5) is 4.39 Å². The number of benzene rings is 1. The van der Waals surface area contributed by atoms with Gasteiger partial charge >= 0.3 is 0 Å². The summed E-state index contributed by atoms with van der Waals surface area (Å²) in [7, 11) is 0. The summed E-state index contributed by atoms with van der Waals surface area (Å²) in [6.45, 7) is 4.25. The van der Waals surface area contributed by atoms with E-state index in [4.69, 9.17) is 4.52 Å². The lowest BCUT2D eigenvalue weighted by Crippen LogP contribution is -2.31. The van der Waals surface area contributed by atoms with E-state index < -0.39 is 5.82 Å². The Bertz CT molecular complexity index is 1000. The van der Waals surface area contributed by atoms with Crippen molar-refractivity contribution in [3.63, 3.8) is 0 Å². The highest BCUT2D eigenvalue weighted by atomic mass is 19.1. The molecule has 3 heterocycles. The predicted octanol–water partition coefficient (Wildman–Crippen LogP) is 3.86. The van der Waals surface area contributed by atoms with Crippen LogP contribution in [-0.4, -0.2) is 32.5 Å². The largest absolute Gasteiger partial charge is 0.356 e. The fourth-order valence-corrected chi connectivity index (χ4v) is 3.50. The summed E-state index contributed by atoms with van der Waals surface area (Å²) in [6.07, 6.45) is 3.34. The molecule has 0 aliphatic carbocycles. The number of carbonyl (C=O) groups excluding carboxylic acids is 1. The van der Waals surface area contributed by atoms with Crippen molar-refractivity contribution in [2.45, 2.75) is 32.7 Å². The van der Waals surface area contributed by atoms with Gasteiger partial charge in [0.2, 0.25) is 0 Å². The summed E-state index contributed by atoms with van der Waals surface area (Å²) in [5.41, 5.74) is 2.56. The lowest BCUT2D eigenvalue weighted by Gasteiger charge is -2.25. The first kappa shape index (κ1) is 17.3. The van der Waals surface area contributed by atoms with Crippen LogP contribution in [0.15, 0.2) is 41.1 Å². The van der Waals surface area contributed by atoms with E-state index in [1.165, 1.54) is 12.1 Å². The molecule has 4 rings (SSSR count). The van der Waals surface area contributed by atoms with Crippen molar-refractivity contribution >= 4 is 5.91 Å². The molecular weight excluding hydrogens is 347 g/mol. The number of carbonyl (C=O) groups is 1. The Labute approximate surface area is 156 Å². The molecule has 0 unspecified atom stereocenters. The van der Waals surface area contributed by atoms with Gasteiger partial charge in [-0.15, -0.1) is 0 Å². The van der Waals surface area contributed by atoms with Crippen molar-refractivity contribution < 1.29 is 13.7 Å². The zero-order valence-electron chi connectivity index (χ0n) is 15.1. The average molecular weight is 366 g/mol. The van der Waals surface area contributed by atoms with E-state index in [-0.39, 0.29) is 11.9 Å². The number of rotatable bonds is 3. The van der Waals surface area contributed by atoms with Crippen molar-refractivity contribution in [1.82, 2.24) is 20.0 Å². The lowest BCUT2D eigenvalue weighted by molar-refractivity contribution is 0.0732. The van der Waals surface area contributed by atoms with Gasteiger partial charge in [0.25, 0.3) is 5.91 Å². The Hall–Kier alpha value is -3.09. The fraction of sp³-hybridized carbons (Fsp3) is 0.300. The molecule has 138 valence electrons. The first-order valence-electron chi connectivity index (χ1n) is 8.86. The predicted molar refractivity (Wildman–Crippen MR) is 96.4 cm³/mol. The van der Waals surface area contributed by atoms with Crippen LogP contribution in [0.5, 0.6) is 0 Å². The molecule has 0 spiro atoms. The summed E-state index contributed by atoms with van der Waals surface area (Å²) >= 11 is 0. The van der Waals surface area contributed by atoms with Crippen LogP contribution in [0.2, 0.25) is 0 Å². The molecule has 0 bridgehead atoms. The van der Waals surface area contributed by atoms with E-state index in [9.17, 15) is 9.18 Å². The van der Waals surface area contributed by atoms with Crippen LogP contribution >= 0.6 is 0 Å².